The molecule has 2 rings (SSSR count). The second-order valence-electron chi connectivity index (χ2n) is 4.72. The van der Waals surface area contributed by atoms with Crippen molar-refractivity contribution in [3.63, 3.8) is 0 Å². The molecule has 32 heavy (non-hydrogen) atoms. The summed E-state index contributed by atoms with van der Waals surface area (Å²) in [5.74, 6) is 2.06. The monoisotopic (exact) mass is 538 g/mol. The van der Waals surface area contributed by atoms with Crippen molar-refractivity contribution < 1.29 is 32.7 Å². The van der Waals surface area contributed by atoms with Crippen LogP contribution in [0.1, 0.15) is 147 Å². The fraction of sp³-hybridized carbons (Fsp3) is 0.742. The van der Waals surface area contributed by atoms with E-state index in [0.717, 1.165) is 18.3 Å². The summed E-state index contributed by atoms with van der Waals surface area (Å²) in [5, 5.41) is 0. The molecule has 0 aromatic heterocycles. The Hall–Kier alpha value is 0.0639. The van der Waals surface area contributed by atoms with Gasteiger partial charge in [-0.2, -0.15) is 0 Å². The number of hydrogen-bond donors (Lipinski definition) is 0. The molecule has 1 saturated carbocycles. The van der Waals surface area contributed by atoms with Crippen LogP contribution in [0.3, 0.4) is 0 Å². The van der Waals surface area contributed by atoms with E-state index in [1.165, 1.54) is 31.4 Å². The summed E-state index contributed by atoms with van der Waals surface area (Å²) in [6.07, 6.45) is 16.3. The Morgan fingerprint density at radius 1 is 0.625 bits per heavy atom. The molecule has 2 aliphatic carbocycles. The summed E-state index contributed by atoms with van der Waals surface area (Å²) >= 11 is 0. The molecule has 0 N–H and O–H groups in total. The number of rotatable bonds is 1. The average molecular weight is 538 g/mol. The standard InChI is InChI=1S/C6H12.C5H6.C4H4.C3H8.3C2H6.7CH4.Y/c1-5-3-4-6(5)2;1-2-4-5-3-1;1-3-4-2;1-3-2;3*1-2;;;;;;;;/h5-6H,3-4H2,1-2H3;1-4H,5H2;1-4H;3H2,1-2H3;3*1-2H3;7*1H4;/q;;-2;;;;;;;;;;;;. The molecule has 1 radical (unpaired) electrons. The molecule has 0 saturated heterocycles. The van der Waals surface area contributed by atoms with Gasteiger partial charge in [-0.15, -0.1) is 0 Å². The van der Waals surface area contributed by atoms with Gasteiger partial charge in [-0.05, 0) is 18.3 Å². The Kier molecular flexibility index (Phi) is 289. The summed E-state index contributed by atoms with van der Waals surface area (Å²) in [7, 11) is 0. The van der Waals surface area contributed by atoms with Crippen molar-refractivity contribution in [3.05, 3.63) is 49.6 Å². The van der Waals surface area contributed by atoms with Crippen molar-refractivity contribution >= 4 is 0 Å². The predicted octanol–water partition coefficient (Wildman–Crippen LogP) is 13.5. The Bertz CT molecular complexity index is 215. The maximum absolute atomic E-state index is 4.72. The molecule has 2 unspecified atom stereocenters. The smallest absolute Gasteiger partial charge is 0 e. The van der Waals surface area contributed by atoms with Crippen LogP contribution < -0.4 is 0 Å². The van der Waals surface area contributed by atoms with Crippen LogP contribution >= 0.6 is 0 Å². The van der Waals surface area contributed by atoms with Crippen molar-refractivity contribution in [1.29, 1.82) is 0 Å². The van der Waals surface area contributed by atoms with Gasteiger partial charge in [0, 0.05) is 32.7 Å². The van der Waals surface area contributed by atoms with Crippen molar-refractivity contribution in [2.24, 2.45) is 11.8 Å². The second-order valence-corrected chi connectivity index (χ2v) is 4.72. The summed E-state index contributed by atoms with van der Waals surface area (Å²) in [6, 6.07) is 0. The van der Waals surface area contributed by atoms with Gasteiger partial charge in [-0.1, -0.05) is 165 Å². The largest absolute Gasteiger partial charge is 0.394 e. The zero-order valence-electron chi connectivity index (χ0n) is 19.2. The van der Waals surface area contributed by atoms with Gasteiger partial charge in [-0.25, -0.2) is 0 Å². The Morgan fingerprint density at radius 2 is 0.812 bits per heavy atom. The van der Waals surface area contributed by atoms with Gasteiger partial charge < -0.3 is 25.3 Å². The van der Waals surface area contributed by atoms with E-state index in [0.29, 0.717) is 0 Å². The maximum atomic E-state index is 4.72. The zero-order chi connectivity index (χ0) is 20.2. The average Bonchev–Trinajstić information content (AvgIpc) is 3.26. The number of hydrogen-bond acceptors (Lipinski definition) is 0. The fourth-order valence-electron chi connectivity index (χ4n) is 1.23. The van der Waals surface area contributed by atoms with Gasteiger partial charge in [-0.3, -0.25) is 0 Å². The summed E-state index contributed by atoms with van der Waals surface area (Å²) in [5.41, 5.74) is 0. The van der Waals surface area contributed by atoms with Crippen LogP contribution in [0.25, 0.3) is 0 Å². The van der Waals surface area contributed by atoms with Gasteiger partial charge in [0.1, 0.15) is 0 Å². The number of allylic oxidation sites excluding steroid dienone is 6. The van der Waals surface area contributed by atoms with E-state index in [1.54, 1.807) is 0 Å². The first-order valence-corrected chi connectivity index (χ1v) is 10.0. The maximum Gasteiger partial charge on any atom is 0 e. The molecule has 205 valence electrons. The summed E-state index contributed by atoms with van der Waals surface area (Å²) in [6.45, 7) is 30.3. The molecule has 0 spiro atoms. The molecule has 2 aliphatic rings. The summed E-state index contributed by atoms with van der Waals surface area (Å²) in [4.78, 5) is 0. The van der Waals surface area contributed by atoms with Crippen LogP contribution in [0, 0.1) is 25.0 Å². The Labute approximate surface area is 239 Å². The minimum Gasteiger partial charge on any atom is -0.394 e. The van der Waals surface area contributed by atoms with Gasteiger partial charge in [0.15, 0.2) is 0 Å². The third-order valence-corrected chi connectivity index (χ3v) is 2.82. The first kappa shape index (κ1) is 85.1. The SMILES string of the molecule is C.C.C.C.C.C.C.C1=CCC=C1.CC.CC.CC.CC1CCC1C.CCC.[CH-]=CC=[CH-].[Y]. The van der Waals surface area contributed by atoms with Gasteiger partial charge in [0.05, 0.1) is 0 Å². The molecular formula is C31H76Y-2. The first-order chi connectivity index (χ1) is 11.6. The van der Waals surface area contributed by atoms with E-state index in [2.05, 4.69) is 52.0 Å². The minimum atomic E-state index is 0. The predicted molar refractivity (Wildman–Crippen MR) is 165 cm³/mol. The van der Waals surface area contributed by atoms with E-state index < -0.39 is 0 Å². The molecule has 1 fully saturated rings. The van der Waals surface area contributed by atoms with E-state index in [9.17, 15) is 0 Å². The molecule has 2 atom stereocenters. The van der Waals surface area contributed by atoms with Gasteiger partial charge >= 0.3 is 0 Å². The van der Waals surface area contributed by atoms with E-state index in [-0.39, 0.29) is 84.7 Å². The van der Waals surface area contributed by atoms with Crippen molar-refractivity contribution in [1.82, 2.24) is 0 Å². The quantitative estimate of drug-likeness (QED) is 0.230. The van der Waals surface area contributed by atoms with E-state index in [4.69, 9.17) is 13.2 Å². The van der Waals surface area contributed by atoms with Crippen molar-refractivity contribution in [2.75, 3.05) is 0 Å². The molecule has 0 aromatic carbocycles. The topological polar surface area (TPSA) is 0 Å². The van der Waals surface area contributed by atoms with Crippen LogP contribution in [0.15, 0.2) is 36.5 Å². The summed E-state index contributed by atoms with van der Waals surface area (Å²) < 4.78 is 0. The molecule has 0 aliphatic heterocycles. The van der Waals surface area contributed by atoms with Gasteiger partial charge in [0.2, 0.25) is 0 Å². The van der Waals surface area contributed by atoms with Crippen LogP contribution in [0.5, 0.6) is 0 Å². The van der Waals surface area contributed by atoms with Crippen LogP contribution in [0.4, 0.5) is 0 Å². The van der Waals surface area contributed by atoms with Gasteiger partial charge in [0.25, 0.3) is 0 Å². The van der Waals surface area contributed by atoms with E-state index >= 15 is 0 Å². The molecule has 0 bridgehead atoms. The van der Waals surface area contributed by atoms with Crippen molar-refractivity contribution in [2.45, 2.75) is 147 Å². The van der Waals surface area contributed by atoms with Crippen LogP contribution in [-0.4, -0.2) is 0 Å². The molecule has 0 aromatic rings. The van der Waals surface area contributed by atoms with Crippen LogP contribution in [0.2, 0.25) is 0 Å². The van der Waals surface area contributed by atoms with Crippen LogP contribution in [-0.2, 0) is 32.7 Å². The second kappa shape index (κ2) is 109. The third kappa shape index (κ3) is 112. The normalized spacial score (nSPS) is 12.9. The molecule has 0 heterocycles. The molecule has 0 amide bonds. The minimum absolute atomic E-state index is 0. The first-order valence-electron chi connectivity index (χ1n) is 10.0. The fourth-order valence-corrected chi connectivity index (χ4v) is 1.23. The Morgan fingerprint density at radius 3 is 0.844 bits per heavy atom. The third-order valence-electron chi connectivity index (χ3n) is 2.82. The molecule has 0 nitrogen and oxygen atoms in total. The van der Waals surface area contributed by atoms with E-state index in [1.807, 2.05) is 41.5 Å². The van der Waals surface area contributed by atoms with Crippen molar-refractivity contribution in [3.8, 4) is 0 Å². The molecular weight excluding hydrogens is 461 g/mol. The molecule has 1 heteroatoms. The Balaban J connectivity index is -0.0000000120. The zero-order valence-corrected chi connectivity index (χ0v) is 22.0.